The van der Waals surface area contributed by atoms with Crippen molar-refractivity contribution >= 4 is 50.8 Å². The van der Waals surface area contributed by atoms with E-state index < -0.39 is 0 Å². The molecule has 1 unspecified atom stereocenters. The molecule has 5 nitrogen and oxygen atoms in total. The van der Waals surface area contributed by atoms with Crippen LogP contribution in [0, 0.1) is 5.92 Å². The zero-order valence-corrected chi connectivity index (χ0v) is 14.2. The quantitative estimate of drug-likeness (QED) is 0.927. The molecular formula is C16H17N3O2S2. The van der Waals surface area contributed by atoms with Gasteiger partial charge in [-0.2, -0.15) is 0 Å². The van der Waals surface area contributed by atoms with Crippen molar-refractivity contribution in [2.24, 2.45) is 5.92 Å². The highest BCUT2D eigenvalue weighted by atomic mass is 32.2. The molecule has 2 aromatic heterocycles. The molecule has 23 heavy (non-hydrogen) atoms. The van der Waals surface area contributed by atoms with Crippen molar-refractivity contribution < 1.29 is 9.59 Å². The highest BCUT2D eigenvalue weighted by Gasteiger charge is 2.39. The van der Waals surface area contributed by atoms with E-state index >= 15 is 0 Å². The lowest BCUT2D eigenvalue weighted by Gasteiger charge is -2.31. The van der Waals surface area contributed by atoms with E-state index in [-0.39, 0.29) is 23.8 Å². The van der Waals surface area contributed by atoms with E-state index in [2.05, 4.69) is 10.3 Å². The number of hydrogen-bond donors (Lipinski definition) is 1. The summed E-state index contributed by atoms with van der Waals surface area (Å²) in [5.74, 6) is 1.99. The summed E-state index contributed by atoms with van der Waals surface area (Å²) in [6.07, 6.45) is 4.75. The minimum Gasteiger partial charge on any atom is -0.320 e. The second-order valence-corrected chi connectivity index (χ2v) is 7.88. The van der Waals surface area contributed by atoms with Gasteiger partial charge in [0.25, 0.3) is 0 Å². The average molecular weight is 347 g/mol. The van der Waals surface area contributed by atoms with Crippen LogP contribution < -0.4 is 5.32 Å². The van der Waals surface area contributed by atoms with Gasteiger partial charge in [0.1, 0.15) is 11.9 Å². The molecule has 2 fully saturated rings. The zero-order chi connectivity index (χ0) is 15.8. The molecular weight excluding hydrogens is 330 g/mol. The van der Waals surface area contributed by atoms with Crippen LogP contribution in [0.2, 0.25) is 0 Å². The Morgan fingerprint density at radius 2 is 2.17 bits per heavy atom. The third-order valence-electron chi connectivity index (χ3n) is 4.54. The van der Waals surface area contributed by atoms with Crippen molar-refractivity contribution in [2.75, 3.05) is 16.9 Å². The van der Waals surface area contributed by atoms with Crippen LogP contribution in [0.3, 0.4) is 0 Å². The first-order chi connectivity index (χ1) is 11.2. The average Bonchev–Trinajstić information content (AvgIpc) is 3.15. The van der Waals surface area contributed by atoms with E-state index in [9.17, 15) is 9.59 Å². The molecule has 2 amide bonds. The van der Waals surface area contributed by atoms with Crippen LogP contribution in [0.1, 0.15) is 19.3 Å². The number of nitrogens with zero attached hydrogens (tertiary/aromatic N) is 2. The minimum absolute atomic E-state index is 0.127. The maximum absolute atomic E-state index is 12.7. The Morgan fingerprint density at radius 3 is 2.96 bits per heavy atom. The fraction of sp³-hybridized carbons (Fsp3) is 0.438. The van der Waals surface area contributed by atoms with Crippen LogP contribution in [-0.4, -0.2) is 39.4 Å². The molecule has 1 aliphatic heterocycles. The summed E-state index contributed by atoms with van der Waals surface area (Å²) >= 11 is 3.26. The fourth-order valence-electron chi connectivity index (χ4n) is 2.96. The lowest BCUT2D eigenvalue weighted by molar-refractivity contribution is -0.141. The molecule has 3 heterocycles. The summed E-state index contributed by atoms with van der Waals surface area (Å²) < 4.78 is 1.10. The van der Waals surface area contributed by atoms with Crippen molar-refractivity contribution in [3.05, 3.63) is 23.7 Å². The van der Waals surface area contributed by atoms with Gasteiger partial charge in [0.05, 0.1) is 5.88 Å². The van der Waals surface area contributed by atoms with Gasteiger partial charge in [0.15, 0.2) is 0 Å². The smallest absolute Gasteiger partial charge is 0.249 e. The van der Waals surface area contributed by atoms with Gasteiger partial charge in [-0.05, 0) is 30.4 Å². The second kappa shape index (κ2) is 6.13. The maximum Gasteiger partial charge on any atom is 0.249 e. The number of nitrogens with one attached hydrogen (secondary N) is 1. The van der Waals surface area contributed by atoms with Gasteiger partial charge in [0, 0.05) is 28.0 Å². The first kappa shape index (κ1) is 15.0. The molecule has 0 bridgehead atoms. The Morgan fingerprint density at radius 1 is 1.30 bits per heavy atom. The maximum atomic E-state index is 12.7. The number of pyridine rings is 1. The minimum atomic E-state index is -0.385. The highest BCUT2D eigenvalue weighted by molar-refractivity contribution is 7.99. The molecule has 2 aromatic rings. The molecule has 2 aliphatic rings. The fourth-order valence-corrected chi connectivity index (χ4v) is 4.91. The number of rotatable bonds is 3. The molecule has 120 valence electrons. The largest absolute Gasteiger partial charge is 0.320 e. The lowest BCUT2D eigenvalue weighted by Crippen LogP contribution is -2.48. The number of anilines is 1. The number of thioether (sulfide) groups is 1. The van der Waals surface area contributed by atoms with Crippen molar-refractivity contribution in [1.82, 2.24) is 9.88 Å². The number of carbonyl (C=O) groups excluding carboxylic acids is 2. The van der Waals surface area contributed by atoms with Crippen LogP contribution in [0.25, 0.3) is 10.1 Å². The molecule has 1 aliphatic carbocycles. The van der Waals surface area contributed by atoms with Gasteiger partial charge in [-0.3, -0.25) is 9.59 Å². The molecule has 0 aromatic carbocycles. The predicted octanol–water partition coefficient (Wildman–Crippen LogP) is 2.94. The van der Waals surface area contributed by atoms with Crippen molar-refractivity contribution in [2.45, 2.75) is 25.3 Å². The normalized spacial score (nSPS) is 21.4. The Labute approximate surface area is 142 Å². The molecule has 1 saturated heterocycles. The van der Waals surface area contributed by atoms with Gasteiger partial charge >= 0.3 is 0 Å². The number of amides is 2. The predicted molar refractivity (Wildman–Crippen MR) is 93.5 cm³/mol. The Balaban J connectivity index is 1.51. The third kappa shape index (κ3) is 2.72. The van der Waals surface area contributed by atoms with Crippen LogP contribution in [0.5, 0.6) is 0 Å². The van der Waals surface area contributed by atoms with Crippen LogP contribution in [0.4, 0.5) is 5.82 Å². The summed E-state index contributed by atoms with van der Waals surface area (Å²) in [7, 11) is 0. The summed E-state index contributed by atoms with van der Waals surface area (Å²) in [5, 5.41) is 5.86. The molecule has 4 rings (SSSR count). The summed E-state index contributed by atoms with van der Waals surface area (Å²) in [6, 6.07) is 3.51. The van der Waals surface area contributed by atoms with Gasteiger partial charge < -0.3 is 10.2 Å². The zero-order valence-electron chi connectivity index (χ0n) is 12.5. The Kier molecular flexibility index (Phi) is 3.98. The topological polar surface area (TPSA) is 62.3 Å². The monoisotopic (exact) mass is 347 g/mol. The van der Waals surface area contributed by atoms with E-state index in [1.165, 1.54) is 0 Å². The van der Waals surface area contributed by atoms with E-state index in [1.54, 1.807) is 34.2 Å². The molecule has 1 atom stereocenters. The summed E-state index contributed by atoms with van der Waals surface area (Å²) in [5.41, 5.74) is 0. The summed E-state index contributed by atoms with van der Waals surface area (Å²) in [4.78, 5) is 31.2. The number of carbonyl (C=O) groups is 2. The van der Waals surface area contributed by atoms with E-state index in [4.69, 9.17) is 0 Å². The van der Waals surface area contributed by atoms with Crippen LogP contribution in [-0.2, 0) is 9.59 Å². The Hall–Kier alpha value is -1.60. The second-order valence-electron chi connectivity index (χ2n) is 5.93. The standard InChI is InChI=1S/C16H17N3O2S2/c20-15(18-14-11-5-7-23-13(11)4-6-17-14)12-8-22-9-19(12)16(21)10-2-1-3-10/h4-7,10,12H,1-3,8-9H2,(H,17,18,20). The van der Waals surface area contributed by atoms with Gasteiger partial charge in [-0.25, -0.2) is 4.98 Å². The van der Waals surface area contributed by atoms with Gasteiger partial charge in [0.2, 0.25) is 11.8 Å². The van der Waals surface area contributed by atoms with Crippen molar-refractivity contribution in [1.29, 1.82) is 0 Å². The first-order valence-corrected chi connectivity index (χ1v) is 9.79. The molecule has 1 N–H and O–H groups in total. The number of aromatic nitrogens is 1. The highest BCUT2D eigenvalue weighted by Crippen LogP contribution is 2.33. The lowest BCUT2D eigenvalue weighted by atomic mass is 9.84. The van der Waals surface area contributed by atoms with Crippen molar-refractivity contribution in [3.8, 4) is 0 Å². The van der Waals surface area contributed by atoms with Crippen LogP contribution >= 0.6 is 23.1 Å². The number of hydrogen-bond acceptors (Lipinski definition) is 5. The first-order valence-electron chi connectivity index (χ1n) is 7.75. The number of fused-ring (bicyclic) bond motifs is 1. The van der Waals surface area contributed by atoms with E-state index in [1.807, 2.05) is 17.5 Å². The number of thiophene rings is 1. The van der Waals surface area contributed by atoms with Crippen molar-refractivity contribution in [3.63, 3.8) is 0 Å². The van der Waals surface area contributed by atoms with E-state index in [0.717, 1.165) is 29.3 Å². The molecule has 7 heteroatoms. The Bertz CT molecular complexity index is 757. The molecule has 0 radical (unpaired) electrons. The van der Waals surface area contributed by atoms with Gasteiger partial charge in [-0.1, -0.05) is 6.42 Å². The third-order valence-corrected chi connectivity index (χ3v) is 6.44. The van der Waals surface area contributed by atoms with Gasteiger partial charge in [-0.15, -0.1) is 23.1 Å². The van der Waals surface area contributed by atoms with Crippen LogP contribution in [0.15, 0.2) is 23.7 Å². The SMILES string of the molecule is O=C(Nc1nccc2sccc12)C1CSCN1C(=O)C1CCC1. The van der Waals surface area contributed by atoms with E-state index in [0.29, 0.717) is 17.4 Å². The molecule has 0 spiro atoms. The molecule has 1 saturated carbocycles. The summed E-state index contributed by atoms with van der Waals surface area (Å²) in [6.45, 7) is 0.